The number of benzene rings is 2. The minimum Gasteiger partial charge on any atom is -0.494 e. The third kappa shape index (κ3) is 4.81. The zero-order chi connectivity index (χ0) is 27.2. The highest BCUT2D eigenvalue weighted by molar-refractivity contribution is 5.98. The van der Waals surface area contributed by atoms with Gasteiger partial charge in [-0.2, -0.15) is 0 Å². The van der Waals surface area contributed by atoms with Crippen molar-refractivity contribution in [2.75, 3.05) is 31.6 Å². The van der Waals surface area contributed by atoms with E-state index < -0.39 is 17.9 Å². The number of carbonyl (C=O) groups excluding carboxylic acids is 2. The Balaban J connectivity index is 1.42. The smallest absolute Gasteiger partial charge is 0.320 e. The SMILES string of the molecule is CCOc1ccc2c(c1)CCN(C(=O)N1CC(CC(=O)O)C1)C2C(=O)Nc1cc(F)c2c(c1)CCC2(C)C. The molecule has 1 aliphatic carbocycles. The average molecular weight is 524 g/mol. The number of hydrogen-bond donors (Lipinski definition) is 2. The Hall–Kier alpha value is -3.62. The van der Waals surface area contributed by atoms with Crippen LogP contribution in [0.25, 0.3) is 0 Å². The second-order valence-corrected chi connectivity index (χ2v) is 11.2. The van der Waals surface area contributed by atoms with Crippen LogP contribution < -0.4 is 10.1 Å². The molecule has 0 saturated carbocycles. The molecule has 0 spiro atoms. The van der Waals surface area contributed by atoms with Crippen molar-refractivity contribution in [3.05, 3.63) is 58.4 Å². The van der Waals surface area contributed by atoms with Gasteiger partial charge in [0.1, 0.15) is 17.6 Å². The monoisotopic (exact) mass is 523 g/mol. The minimum atomic E-state index is -0.909. The van der Waals surface area contributed by atoms with Gasteiger partial charge >= 0.3 is 12.0 Å². The number of aliphatic carboxylic acids is 1. The molecule has 2 aromatic carbocycles. The summed E-state index contributed by atoms with van der Waals surface area (Å²) in [4.78, 5) is 41.4. The van der Waals surface area contributed by atoms with Gasteiger partial charge in [0.15, 0.2) is 0 Å². The van der Waals surface area contributed by atoms with Gasteiger partial charge in [-0.1, -0.05) is 19.9 Å². The maximum absolute atomic E-state index is 15.1. The molecule has 1 saturated heterocycles. The number of nitrogens with one attached hydrogen (secondary N) is 1. The lowest BCUT2D eigenvalue weighted by Crippen LogP contribution is -2.58. The minimum absolute atomic E-state index is 0.0113. The third-order valence-corrected chi connectivity index (χ3v) is 7.97. The highest BCUT2D eigenvalue weighted by atomic mass is 19.1. The molecule has 0 bridgehead atoms. The predicted molar refractivity (Wildman–Crippen MR) is 140 cm³/mol. The Morgan fingerprint density at radius 3 is 2.61 bits per heavy atom. The summed E-state index contributed by atoms with van der Waals surface area (Å²) in [7, 11) is 0. The van der Waals surface area contributed by atoms with Gasteiger partial charge in [-0.15, -0.1) is 0 Å². The number of anilines is 1. The first-order valence-corrected chi connectivity index (χ1v) is 13.2. The normalized spacial score (nSPS) is 19.8. The molecule has 0 radical (unpaired) electrons. The molecule has 2 N–H and O–H groups in total. The van der Waals surface area contributed by atoms with Crippen LogP contribution in [0.4, 0.5) is 14.9 Å². The van der Waals surface area contributed by atoms with Crippen LogP contribution in [0.3, 0.4) is 0 Å². The molecule has 1 atom stereocenters. The van der Waals surface area contributed by atoms with Gasteiger partial charge in [-0.3, -0.25) is 9.59 Å². The fourth-order valence-corrected chi connectivity index (χ4v) is 6.11. The van der Waals surface area contributed by atoms with Gasteiger partial charge in [0.25, 0.3) is 5.91 Å². The number of amides is 3. The standard InChI is InChI=1S/C29H34FN3O5/c1-4-38-21-5-6-22-18(13-21)8-10-33(28(37)32-15-17(16-32)11-24(34)35)26(22)27(36)31-20-12-19-7-9-29(2,3)25(19)23(30)14-20/h5-6,12-14,17,26H,4,7-11,15-16H2,1-3H3,(H,31,36)(H,34,35). The molecule has 38 heavy (non-hydrogen) atoms. The molecule has 1 unspecified atom stereocenters. The molecule has 2 aliphatic heterocycles. The van der Waals surface area contributed by atoms with Crippen molar-refractivity contribution in [1.82, 2.24) is 9.80 Å². The number of carboxylic acid groups (broad SMARTS) is 1. The first kappa shape index (κ1) is 26.0. The van der Waals surface area contributed by atoms with Crippen molar-refractivity contribution >= 4 is 23.6 Å². The Labute approximate surface area is 221 Å². The molecular formula is C29H34FN3O5. The van der Waals surface area contributed by atoms with E-state index in [-0.39, 0.29) is 29.6 Å². The van der Waals surface area contributed by atoms with Gasteiger partial charge in [-0.05, 0) is 78.1 Å². The van der Waals surface area contributed by atoms with Gasteiger partial charge in [-0.25, -0.2) is 9.18 Å². The van der Waals surface area contributed by atoms with Crippen LogP contribution >= 0.6 is 0 Å². The number of carbonyl (C=O) groups is 3. The summed E-state index contributed by atoms with van der Waals surface area (Å²) in [6.45, 7) is 7.48. The number of hydrogen-bond acceptors (Lipinski definition) is 4. The van der Waals surface area contributed by atoms with Gasteiger partial charge in [0.05, 0.1) is 13.0 Å². The molecule has 2 heterocycles. The maximum Gasteiger partial charge on any atom is 0.320 e. The summed E-state index contributed by atoms with van der Waals surface area (Å²) in [5, 5.41) is 11.9. The Morgan fingerprint density at radius 1 is 1.13 bits per heavy atom. The number of urea groups is 1. The van der Waals surface area contributed by atoms with E-state index in [2.05, 4.69) is 5.32 Å². The van der Waals surface area contributed by atoms with Crippen molar-refractivity contribution in [2.45, 2.75) is 57.9 Å². The summed E-state index contributed by atoms with van der Waals surface area (Å²) in [5.74, 6) is -1.02. The molecule has 2 aromatic rings. The van der Waals surface area contributed by atoms with E-state index in [1.165, 1.54) is 6.07 Å². The zero-order valence-electron chi connectivity index (χ0n) is 22.1. The second-order valence-electron chi connectivity index (χ2n) is 11.2. The van der Waals surface area contributed by atoms with Crippen LogP contribution in [0.15, 0.2) is 30.3 Å². The van der Waals surface area contributed by atoms with Crippen LogP contribution in [-0.2, 0) is 27.8 Å². The average Bonchev–Trinajstić information content (AvgIpc) is 3.14. The van der Waals surface area contributed by atoms with Gasteiger partial charge < -0.3 is 25.0 Å². The van der Waals surface area contributed by atoms with Gasteiger partial charge in [0.2, 0.25) is 0 Å². The van der Waals surface area contributed by atoms with E-state index in [1.54, 1.807) is 15.9 Å². The van der Waals surface area contributed by atoms with Crippen LogP contribution in [-0.4, -0.2) is 59.1 Å². The van der Waals surface area contributed by atoms with E-state index in [9.17, 15) is 14.4 Å². The largest absolute Gasteiger partial charge is 0.494 e. The summed E-state index contributed by atoms with van der Waals surface area (Å²) in [6.07, 6.45) is 2.15. The van der Waals surface area contributed by atoms with E-state index >= 15 is 4.39 Å². The molecule has 9 heteroatoms. The van der Waals surface area contributed by atoms with Crippen LogP contribution in [0.5, 0.6) is 5.75 Å². The lowest BCUT2D eigenvalue weighted by molar-refractivity contribution is -0.139. The zero-order valence-corrected chi connectivity index (χ0v) is 22.1. The quantitative estimate of drug-likeness (QED) is 0.581. The highest BCUT2D eigenvalue weighted by Crippen LogP contribution is 2.42. The molecule has 5 rings (SSSR count). The Morgan fingerprint density at radius 2 is 1.89 bits per heavy atom. The number of carboxylic acids is 1. The highest BCUT2D eigenvalue weighted by Gasteiger charge is 2.42. The number of likely N-dealkylation sites (tertiary alicyclic amines) is 1. The number of fused-ring (bicyclic) bond motifs is 2. The first-order chi connectivity index (χ1) is 18.1. The third-order valence-electron chi connectivity index (χ3n) is 7.97. The number of nitrogens with zero attached hydrogens (tertiary/aromatic N) is 2. The number of rotatable bonds is 6. The van der Waals surface area contributed by atoms with E-state index in [0.29, 0.717) is 55.2 Å². The summed E-state index contributed by atoms with van der Waals surface area (Å²) >= 11 is 0. The van der Waals surface area contributed by atoms with E-state index in [1.807, 2.05) is 39.0 Å². The van der Waals surface area contributed by atoms with Crippen LogP contribution in [0, 0.1) is 11.7 Å². The van der Waals surface area contributed by atoms with E-state index in [0.717, 1.165) is 24.0 Å². The Kier molecular flexibility index (Phi) is 6.79. The molecule has 3 aliphatic rings. The van der Waals surface area contributed by atoms with Crippen molar-refractivity contribution < 1.29 is 28.6 Å². The first-order valence-electron chi connectivity index (χ1n) is 13.2. The summed E-state index contributed by atoms with van der Waals surface area (Å²) < 4.78 is 20.7. The van der Waals surface area contributed by atoms with Crippen molar-refractivity contribution in [3.8, 4) is 5.75 Å². The number of aryl methyl sites for hydroxylation is 1. The Bertz CT molecular complexity index is 1290. The van der Waals surface area contributed by atoms with Crippen LogP contribution in [0.1, 0.15) is 61.9 Å². The molecule has 3 amide bonds. The predicted octanol–water partition coefficient (Wildman–Crippen LogP) is 4.51. The van der Waals surface area contributed by atoms with Crippen molar-refractivity contribution in [3.63, 3.8) is 0 Å². The molecular weight excluding hydrogens is 489 g/mol. The van der Waals surface area contributed by atoms with E-state index in [4.69, 9.17) is 9.84 Å². The molecule has 8 nitrogen and oxygen atoms in total. The van der Waals surface area contributed by atoms with Gasteiger partial charge in [0, 0.05) is 31.2 Å². The number of ether oxygens (including phenoxy) is 1. The molecule has 1 fully saturated rings. The summed E-state index contributed by atoms with van der Waals surface area (Å²) in [6, 6.07) is 7.51. The summed E-state index contributed by atoms with van der Waals surface area (Å²) in [5.41, 5.74) is 3.35. The van der Waals surface area contributed by atoms with Crippen LogP contribution in [0.2, 0.25) is 0 Å². The second kappa shape index (κ2) is 9.93. The number of halogens is 1. The van der Waals surface area contributed by atoms with Crippen molar-refractivity contribution in [1.29, 1.82) is 0 Å². The molecule has 0 aromatic heterocycles. The fourth-order valence-electron chi connectivity index (χ4n) is 6.11. The fraction of sp³-hybridized carbons (Fsp3) is 0.483. The maximum atomic E-state index is 15.1. The van der Waals surface area contributed by atoms with Crippen molar-refractivity contribution in [2.24, 2.45) is 5.92 Å². The molecule has 202 valence electrons. The lowest BCUT2D eigenvalue weighted by atomic mass is 9.86. The topological polar surface area (TPSA) is 99.2 Å². The lowest BCUT2D eigenvalue weighted by Gasteiger charge is -2.45.